The topological polar surface area (TPSA) is 66.8 Å². The highest BCUT2D eigenvalue weighted by atomic mass is 79.9. The van der Waals surface area contributed by atoms with Crippen molar-refractivity contribution in [2.45, 2.75) is 51.3 Å². The zero-order chi connectivity index (χ0) is 16.5. The fraction of sp³-hybridized carbons (Fsp3) is 0.500. The molecule has 0 aromatic heterocycles. The van der Waals surface area contributed by atoms with Gasteiger partial charge in [0.2, 0.25) is 0 Å². The fourth-order valence-corrected chi connectivity index (χ4v) is 2.90. The number of nitrogens with zero attached hydrogens (tertiary/aromatic N) is 1. The van der Waals surface area contributed by atoms with Gasteiger partial charge in [-0.2, -0.15) is 0 Å². The largest absolute Gasteiger partial charge is 0.480 e. The molecule has 120 valence electrons. The zero-order valence-electron chi connectivity index (χ0n) is 12.9. The molecule has 0 saturated carbocycles. The summed E-state index contributed by atoms with van der Waals surface area (Å²) >= 11 is 3.37. The minimum Gasteiger partial charge on any atom is -0.480 e. The molecule has 0 radical (unpaired) electrons. The van der Waals surface area contributed by atoms with Crippen LogP contribution in [-0.2, 0) is 9.53 Å². The van der Waals surface area contributed by atoms with Crippen LogP contribution in [0.2, 0.25) is 0 Å². The molecule has 0 aliphatic carbocycles. The molecule has 1 saturated heterocycles. The molecule has 1 aromatic carbocycles. The van der Waals surface area contributed by atoms with Gasteiger partial charge in [0.25, 0.3) is 0 Å². The van der Waals surface area contributed by atoms with Crippen LogP contribution in [0.5, 0.6) is 0 Å². The van der Waals surface area contributed by atoms with Crippen LogP contribution >= 0.6 is 15.9 Å². The SMILES string of the molecule is CC(C)(C)OC(=O)N1[C@@H](c2ccc(Br)cc2)CC[C@H]1C(=O)O. The third-order valence-corrected chi connectivity index (χ3v) is 4.06. The highest BCUT2D eigenvalue weighted by molar-refractivity contribution is 9.10. The summed E-state index contributed by atoms with van der Waals surface area (Å²) in [7, 11) is 0. The molecule has 5 nitrogen and oxygen atoms in total. The lowest BCUT2D eigenvalue weighted by Gasteiger charge is -2.31. The summed E-state index contributed by atoms with van der Waals surface area (Å²) in [4.78, 5) is 25.3. The first-order valence-electron chi connectivity index (χ1n) is 7.18. The Morgan fingerprint density at radius 3 is 2.32 bits per heavy atom. The minimum atomic E-state index is -0.995. The van der Waals surface area contributed by atoms with E-state index in [0.29, 0.717) is 12.8 Å². The van der Waals surface area contributed by atoms with Crippen LogP contribution in [0.1, 0.15) is 45.2 Å². The molecule has 1 aromatic rings. The van der Waals surface area contributed by atoms with Gasteiger partial charge in [-0.05, 0) is 51.3 Å². The smallest absolute Gasteiger partial charge is 0.411 e. The second-order valence-corrected chi connectivity index (χ2v) is 7.30. The van der Waals surface area contributed by atoms with Crippen molar-refractivity contribution in [2.75, 3.05) is 0 Å². The molecule has 1 aliphatic rings. The maximum Gasteiger partial charge on any atom is 0.411 e. The lowest BCUT2D eigenvalue weighted by molar-refractivity contribution is -0.142. The summed E-state index contributed by atoms with van der Waals surface area (Å²) in [6.45, 7) is 5.31. The molecule has 1 fully saturated rings. The lowest BCUT2D eigenvalue weighted by atomic mass is 10.1. The first-order valence-corrected chi connectivity index (χ1v) is 7.98. The van der Waals surface area contributed by atoms with Crippen molar-refractivity contribution in [2.24, 2.45) is 0 Å². The molecule has 0 unspecified atom stereocenters. The van der Waals surface area contributed by atoms with Gasteiger partial charge >= 0.3 is 12.1 Å². The lowest BCUT2D eigenvalue weighted by Crippen LogP contribution is -2.44. The normalized spacial score (nSPS) is 21.7. The molecule has 6 heteroatoms. The van der Waals surface area contributed by atoms with Crippen molar-refractivity contribution in [3.8, 4) is 0 Å². The van der Waals surface area contributed by atoms with Crippen LogP contribution in [0.3, 0.4) is 0 Å². The molecule has 0 bridgehead atoms. The molecular formula is C16H20BrNO4. The number of rotatable bonds is 2. The van der Waals surface area contributed by atoms with Gasteiger partial charge in [-0.25, -0.2) is 9.59 Å². The molecule has 1 amide bonds. The van der Waals surface area contributed by atoms with Crippen LogP contribution in [-0.4, -0.2) is 33.7 Å². The number of aliphatic carboxylic acids is 1. The van der Waals surface area contributed by atoms with Crippen LogP contribution in [0.15, 0.2) is 28.7 Å². The van der Waals surface area contributed by atoms with E-state index >= 15 is 0 Å². The van der Waals surface area contributed by atoms with Gasteiger partial charge in [-0.15, -0.1) is 0 Å². The van der Waals surface area contributed by atoms with Gasteiger partial charge < -0.3 is 9.84 Å². The van der Waals surface area contributed by atoms with Crippen LogP contribution in [0, 0.1) is 0 Å². The van der Waals surface area contributed by atoms with E-state index in [9.17, 15) is 14.7 Å². The van der Waals surface area contributed by atoms with E-state index in [0.717, 1.165) is 10.0 Å². The third kappa shape index (κ3) is 3.80. The zero-order valence-corrected chi connectivity index (χ0v) is 14.5. The molecule has 1 N–H and O–H groups in total. The number of hydrogen-bond acceptors (Lipinski definition) is 3. The Labute approximate surface area is 138 Å². The molecule has 0 spiro atoms. The molecule has 22 heavy (non-hydrogen) atoms. The Balaban J connectivity index is 2.30. The van der Waals surface area contributed by atoms with Crippen molar-refractivity contribution >= 4 is 28.0 Å². The van der Waals surface area contributed by atoms with Crippen molar-refractivity contribution in [3.05, 3.63) is 34.3 Å². The predicted octanol–water partition coefficient (Wildman–Crippen LogP) is 3.97. The summed E-state index contributed by atoms with van der Waals surface area (Å²) < 4.78 is 6.33. The second kappa shape index (κ2) is 6.28. The summed E-state index contributed by atoms with van der Waals surface area (Å²) in [6, 6.07) is 6.45. The fourth-order valence-electron chi connectivity index (χ4n) is 2.63. The number of amides is 1. The third-order valence-electron chi connectivity index (χ3n) is 3.53. The van der Waals surface area contributed by atoms with Gasteiger partial charge in [0, 0.05) is 4.47 Å². The average Bonchev–Trinajstić information content (AvgIpc) is 2.82. The molecular weight excluding hydrogens is 350 g/mol. The summed E-state index contributed by atoms with van der Waals surface area (Å²) in [6.07, 6.45) is 0.456. The Kier molecular flexibility index (Phi) is 4.80. The minimum absolute atomic E-state index is 0.274. The molecule has 1 heterocycles. The van der Waals surface area contributed by atoms with Crippen LogP contribution in [0.25, 0.3) is 0 Å². The predicted molar refractivity (Wildman–Crippen MR) is 85.6 cm³/mol. The number of likely N-dealkylation sites (tertiary alicyclic amines) is 1. The van der Waals surface area contributed by atoms with Crippen LogP contribution < -0.4 is 0 Å². The number of carbonyl (C=O) groups is 2. The van der Waals surface area contributed by atoms with Gasteiger partial charge in [0.05, 0.1) is 6.04 Å². The Morgan fingerprint density at radius 2 is 1.82 bits per heavy atom. The van der Waals surface area contributed by atoms with Gasteiger partial charge in [-0.3, -0.25) is 4.90 Å². The number of carbonyl (C=O) groups excluding carboxylic acids is 1. The maximum atomic E-state index is 12.5. The monoisotopic (exact) mass is 369 g/mol. The Hall–Kier alpha value is -1.56. The first-order chi connectivity index (χ1) is 10.2. The van der Waals surface area contributed by atoms with E-state index < -0.39 is 23.7 Å². The Morgan fingerprint density at radius 1 is 1.23 bits per heavy atom. The highest BCUT2D eigenvalue weighted by Crippen LogP contribution is 2.37. The number of carboxylic acids is 1. The first kappa shape index (κ1) is 16.8. The summed E-state index contributed by atoms with van der Waals surface area (Å²) in [5.74, 6) is -0.995. The second-order valence-electron chi connectivity index (χ2n) is 6.39. The van der Waals surface area contributed by atoms with E-state index in [2.05, 4.69) is 15.9 Å². The molecule has 1 aliphatic heterocycles. The van der Waals surface area contributed by atoms with Crippen molar-refractivity contribution in [3.63, 3.8) is 0 Å². The number of benzene rings is 1. The van der Waals surface area contributed by atoms with E-state index in [-0.39, 0.29) is 6.04 Å². The van der Waals surface area contributed by atoms with Crippen molar-refractivity contribution in [1.29, 1.82) is 0 Å². The van der Waals surface area contributed by atoms with E-state index in [1.165, 1.54) is 4.90 Å². The summed E-state index contributed by atoms with van der Waals surface area (Å²) in [5.41, 5.74) is 0.255. The quantitative estimate of drug-likeness (QED) is 0.855. The highest BCUT2D eigenvalue weighted by Gasteiger charge is 2.43. The average molecular weight is 370 g/mol. The van der Waals surface area contributed by atoms with Gasteiger partial charge in [0.1, 0.15) is 11.6 Å². The van der Waals surface area contributed by atoms with Crippen LogP contribution in [0.4, 0.5) is 4.79 Å². The number of hydrogen-bond donors (Lipinski definition) is 1. The van der Waals surface area contributed by atoms with E-state index in [1.807, 2.05) is 24.3 Å². The molecule has 2 rings (SSSR count). The van der Waals surface area contributed by atoms with Gasteiger partial charge in [0.15, 0.2) is 0 Å². The van der Waals surface area contributed by atoms with Crippen molar-refractivity contribution < 1.29 is 19.4 Å². The standard InChI is InChI=1S/C16H20BrNO4/c1-16(2,3)22-15(21)18-12(8-9-13(18)14(19)20)10-4-6-11(17)7-5-10/h4-7,12-13H,8-9H2,1-3H3,(H,19,20)/t12-,13+/m1/s1. The summed E-state index contributed by atoms with van der Waals surface area (Å²) in [5, 5.41) is 9.38. The number of carboxylic acid groups (broad SMARTS) is 1. The maximum absolute atomic E-state index is 12.5. The van der Waals surface area contributed by atoms with Crippen molar-refractivity contribution in [1.82, 2.24) is 4.90 Å². The Bertz CT molecular complexity index is 565. The van der Waals surface area contributed by atoms with E-state index in [4.69, 9.17) is 4.74 Å². The molecule has 2 atom stereocenters. The number of halogens is 1. The van der Waals surface area contributed by atoms with E-state index in [1.54, 1.807) is 20.8 Å². The van der Waals surface area contributed by atoms with Gasteiger partial charge in [-0.1, -0.05) is 28.1 Å². The number of ether oxygens (including phenoxy) is 1.